The van der Waals surface area contributed by atoms with Gasteiger partial charge in [0.05, 0.1) is 12.3 Å². The molecule has 3 nitrogen and oxygen atoms in total. The minimum absolute atomic E-state index is 0.715. The summed E-state index contributed by atoms with van der Waals surface area (Å²) >= 11 is 1.68. The molecule has 0 spiro atoms. The Morgan fingerprint density at radius 1 is 1.37 bits per heavy atom. The average Bonchev–Trinajstić information content (AvgIpc) is 2.92. The lowest BCUT2D eigenvalue weighted by Gasteiger charge is -2.05. The van der Waals surface area contributed by atoms with Gasteiger partial charge in [-0.3, -0.25) is 0 Å². The van der Waals surface area contributed by atoms with Crippen molar-refractivity contribution in [3.05, 3.63) is 35.3 Å². The Morgan fingerprint density at radius 2 is 2.26 bits per heavy atom. The van der Waals surface area contributed by atoms with E-state index in [1.807, 2.05) is 12.1 Å². The van der Waals surface area contributed by atoms with Gasteiger partial charge >= 0.3 is 0 Å². The summed E-state index contributed by atoms with van der Waals surface area (Å²) in [5.41, 5.74) is 7.77. The van der Waals surface area contributed by atoms with E-state index in [1.165, 1.54) is 0 Å². The summed E-state index contributed by atoms with van der Waals surface area (Å²) in [6.07, 6.45) is 2.96. The number of benzene rings is 1. The van der Waals surface area contributed by atoms with E-state index in [9.17, 15) is 0 Å². The van der Waals surface area contributed by atoms with Gasteiger partial charge in [-0.15, -0.1) is 11.3 Å². The van der Waals surface area contributed by atoms with Gasteiger partial charge in [0.25, 0.3) is 0 Å². The summed E-state index contributed by atoms with van der Waals surface area (Å²) in [6.45, 7) is 3.57. The second-order valence-corrected chi connectivity index (χ2v) is 5.27. The highest BCUT2D eigenvalue weighted by molar-refractivity contribution is 7.13. The van der Waals surface area contributed by atoms with Crippen LogP contribution < -0.4 is 10.5 Å². The Kier molecular flexibility index (Phi) is 5.36. The van der Waals surface area contributed by atoms with E-state index in [4.69, 9.17) is 10.5 Å². The van der Waals surface area contributed by atoms with Crippen molar-refractivity contribution in [1.82, 2.24) is 4.98 Å². The van der Waals surface area contributed by atoms with Gasteiger partial charge in [0.1, 0.15) is 10.8 Å². The molecule has 2 N–H and O–H groups in total. The van der Waals surface area contributed by atoms with Crippen LogP contribution in [0.4, 0.5) is 0 Å². The Balaban J connectivity index is 2.10. The van der Waals surface area contributed by atoms with Gasteiger partial charge in [-0.05, 0) is 37.9 Å². The number of aryl methyl sites for hydroxylation is 1. The number of aromatic nitrogens is 1. The quantitative estimate of drug-likeness (QED) is 0.842. The number of hydrogen-bond donors (Lipinski definition) is 1. The van der Waals surface area contributed by atoms with Gasteiger partial charge in [0, 0.05) is 10.9 Å². The number of nitrogens with zero attached hydrogens (tertiary/aromatic N) is 1. The van der Waals surface area contributed by atoms with Crippen LogP contribution in [-0.2, 0) is 6.42 Å². The number of nitrogens with two attached hydrogens (primary N) is 1. The molecule has 0 unspecified atom stereocenters. The lowest BCUT2D eigenvalue weighted by Crippen LogP contribution is -2.00. The maximum absolute atomic E-state index is 5.65. The fraction of sp³-hybridized carbons (Fsp3) is 0.400. The van der Waals surface area contributed by atoms with Crippen molar-refractivity contribution in [3.63, 3.8) is 0 Å². The smallest absolute Gasteiger partial charge is 0.123 e. The second-order valence-electron chi connectivity index (χ2n) is 4.41. The largest absolute Gasteiger partial charge is 0.494 e. The van der Waals surface area contributed by atoms with Crippen molar-refractivity contribution in [2.45, 2.75) is 26.2 Å². The standard InChI is InChI=1S/C15H20N2OS/c1-2-9-18-14-7-3-5-12(10-14)15-17-13(11-19-15)6-4-8-16/h3,5,7,10-11H,2,4,6,8-9,16H2,1H3. The predicted octanol–water partition coefficient (Wildman–Crippen LogP) is 3.49. The molecule has 2 aromatic rings. The molecule has 4 heteroatoms. The predicted molar refractivity (Wildman–Crippen MR) is 80.7 cm³/mol. The molecule has 1 heterocycles. The molecule has 0 aliphatic heterocycles. The summed E-state index contributed by atoms with van der Waals surface area (Å²) in [4.78, 5) is 4.65. The summed E-state index contributed by atoms with van der Waals surface area (Å²) in [5.74, 6) is 0.915. The van der Waals surface area contributed by atoms with Crippen molar-refractivity contribution in [1.29, 1.82) is 0 Å². The molecule has 102 valence electrons. The fourth-order valence-corrected chi connectivity index (χ4v) is 2.63. The molecule has 1 aromatic heterocycles. The number of ether oxygens (including phenoxy) is 1. The van der Waals surface area contributed by atoms with Crippen LogP contribution in [0, 0.1) is 0 Å². The Labute approximate surface area is 118 Å². The number of hydrogen-bond acceptors (Lipinski definition) is 4. The van der Waals surface area contributed by atoms with Crippen LogP contribution in [0.15, 0.2) is 29.6 Å². The monoisotopic (exact) mass is 276 g/mol. The SMILES string of the molecule is CCCOc1cccc(-c2nc(CCCN)cs2)c1. The van der Waals surface area contributed by atoms with Crippen LogP contribution in [0.25, 0.3) is 10.6 Å². The van der Waals surface area contributed by atoms with Crippen molar-refractivity contribution in [2.24, 2.45) is 5.73 Å². The van der Waals surface area contributed by atoms with E-state index in [-0.39, 0.29) is 0 Å². The molecular weight excluding hydrogens is 256 g/mol. The van der Waals surface area contributed by atoms with Crippen LogP contribution in [0.5, 0.6) is 5.75 Å². The van der Waals surface area contributed by atoms with E-state index in [0.717, 1.165) is 47.9 Å². The lowest BCUT2D eigenvalue weighted by atomic mass is 10.2. The third-order valence-corrected chi connectivity index (χ3v) is 3.68. The Morgan fingerprint density at radius 3 is 3.05 bits per heavy atom. The van der Waals surface area contributed by atoms with Crippen molar-refractivity contribution >= 4 is 11.3 Å². The zero-order valence-electron chi connectivity index (χ0n) is 11.3. The molecule has 0 bridgehead atoms. The first-order valence-corrected chi connectivity index (χ1v) is 7.59. The Hall–Kier alpha value is -1.39. The molecule has 0 atom stereocenters. The first kappa shape index (κ1) is 14.0. The molecule has 0 saturated carbocycles. The van der Waals surface area contributed by atoms with E-state index in [1.54, 1.807) is 11.3 Å². The lowest BCUT2D eigenvalue weighted by molar-refractivity contribution is 0.317. The van der Waals surface area contributed by atoms with E-state index < -0.39 is 0 Å². The molecule has 0 aliphatic carbocycles. The van der Waals surface area contributed by atoms with Gasteiger partial charge in [0.2, 0.25) is 0 Å². The highest BCUT2D eigenvalue weighted by Crippen LogP contribution is 2.27. The maximum atomic E-state index is 5.65. The zero-order valence-corrected chi connectivity index (χ0v) is 12.1. The molecule has 0 amide bonds. The summed E-state index contributed by atoms with van der Waals surface area (Å²) < 4.78 is 5.65. The molecule has 0 fully saturated rings. The maximum Gasteiger partial charge on any atom is 0.123 e. The summed E-state index contributed by atoms with van der Waals surface area (Å²) in [7, 11) is 0. The van der Waals surface area contributed by atoms with Crippen LogP contribution in [0.1, 0.15) is 25.5 Å². The third kappa shape index (κ3) is 4.04. The van der Waals surface area contributed by atoms with Crippen molar-refractivity contribution in [2.75, 3.05) is 13.2 Å². The summed E-state index contributed by atoms with van der Waals surface area (Å²) in [5, 5.41) is 3.17. The summed E-state index contributed by atoms with van der Waals surface area (Å²) in [6, 6.07) is 8.13. The van der Waals surface area contributed by atoms with Gasteiger partial charge in [-0.1, -0.05) is 19.1 Å². The van der Waals surface area contributed by atoms with Crippen molar-refractivity contribution < 1.29 is 4.74 Å². The van der Waals surface area contributed by atoms with Crippen molar-refractivity contribution in [3.8, 4) is 16.3 Å². The topological polar surface area (TPSA) is 48.1 Å². The molecule has 19 heavy (non-hydrogen) atoms. The normalized spacial score (nSPS) is 10.6. The molecule has 0 aliphatic rings. The van der Waals surface area contributed by atoms with Gasteiger partial charge in [0.15, 0.2) is 0 Å². The van der Waals surface area contributed by atoms with Crippen LogP contribution >= 0.6 is 11.3 Å². The highest BCUT2D eigenvalue weighted by atomic mass is 32.1. The number of rotatable bonds is 7. The zero-order chi connectivity index (χ0) is 13.5. The molecule has 0 saturated heterocycles. The van der Waals surface area contributed by atoms with Gasteiger partial charge < -0.3 is 10.5 Å². The van der Waals surface area contributed by atoms with E-state index in [2.05, 4.69) is 29.4 Å². The first-order valence-electron chi connectivity index (χ1n) is 6.71. The van der Waals surface area contributed by atoms with E-state index >= 15 is 0 Å². The minimum Gasteiger partial charge on any atom is -0.494 e. The average molecular weight is 276 g/mol. The molecule has 0 radical (unpaired) electrons. The van der Waals surface area contributed by atoms with Gasteiger partial charge in [-0.2, -0.15) is 0 Å². The van der Waals surface area contributed by atoms with Crippen LogP contribution in [0.2, 0.25) is 0 Å². The molecule has 2 rings (SSSR count). The first-order chi connectivity index (χ1) is 9.33. The second kappa shape index (κ2) is 7.26. The number of thiazole rings is 1. The van der Waals surface area contributed by atoms with Gasteiger partial charge in [-0.25, -0.2) is 4.98 Å². The van der Waals surface area contributed by atoms with E-state index in [0.29, 0.717) is 6.54 Å². The third-order valence-electron chi connectivity index (χ3n) is 2.74. The fourth-order valence-electron chi connectivity index (χ4n) is 1.78. The minimum atomic E-state index is 0.715. The molecular formula is C15H20N2OS. The highest BCUT2D eigenvalue weighted by Gasteiger charge is 2.05. The molecule has 1 aromatic carbocycles. The van der Waals surface area contributed by atoms with Crippen LogP contribution in [-0.4, -0.2) is 18.1 Å². The van der Waals surface area contributed by atoms with Crippen LogP contribution in [0.3, 0.4) is 0 Å². The Bertz CT molecular complexity index is 510.